The normalized spacial score (nSPS) is 12.9. The van der Waals surface area contributed by atoms with Crippen LogP contribution in [0.3, 0.4) is 0 Å². The van der Waals surface area contributed by atoms with Crippen molar-refractivity contribution in [2.75, 3.05) is 0 Å². The van der Waals surface area contributed by atoms with E-state index in [9.17, 15) is 4.39 Å². The topological polar surface area (TPSA) is 0 Å². The Morgan fingerprint density at radius 1 is 1.43 bits per heavy atom. The molecule has 0 radical (unpaired) electrons. The van der Waals surface area contributed by atoms with Crippen LogP contribution in [-0.2, 0) is 6.42 Å². The fourth-order valence-corrected chi connectivity index (χ4v) is 1.50. The predicted molar refractivity (Wildman–Crippen MR) is 59.4 cm³/mol. The van der Waals surface area contributed by atoms with Crippen molar-refractivity contribution in [3.63, 3.8) is 0 Å². The molecule has 0 aliphatic carbocycles. The van der Waals surface area contributed by atoms with Crippen LogP contribution >= 0.6 is 11.6 Å². The SMILES string of the molecule is CCC(Cl)CCc1ccc(F)c(C)c1. The first kappa shape index (κ1) is 11.5. The molecule has 1 atom stereocenters. The molecule has 0 aliphatic rings. The highest BCUT2D eigenvalue weighted by molar-refractivity contribution is 6.20. The van der Waals surface area contributed by atoms with E-state index in [-0.39, 0.29) is 11.2 Å². The highest BCUT2D eigenvalue weighted by Crippen LogP contribution is 2.14. The molecule has 0 heterocycles. The second-order valence-electron chi connectivity index (χ2n) is 3.63. The van der Waals surface area contributed by atoms with E-state index in [1.807, 2.05) is 12.1 Å². The summed E-state index contributed by atoms with van der Waals surface area (Å²) in [5.41, 5.74) is 1.88. The molecule has 0 fully saturated rings. The van der Waals surface area contributed by atoms with Gasteiger partial charge in [0.05, 0.1) is 0 Å². The number of benzene rings is 1. The molecule has 0 saturated heterocycles. The average molecular weight is 215 g/mol. The third kappa shape index (κ3) is 3.30. The lowest BCUT2D eigenvalue weighted by molar-refractivity contribution is 0.616. The minimum Gasteiger partial charge on any atom is -0.207 e. The van der Waals surface area contributed by atoms with Crippen LogP contribution in [0, 0.1) is 12.7 Å². The molecule has 1 rings (SSSR count). The van der Waals surface area contributed by atoms with E-state index in [1.165, 1.54) is 11.6 Å². The van der Waals surface area contributed by atoms with Crippen molar-refractivity contribution in [2.24, 2.45) is 0 Å². The lowest BCUT2D eigenvalue weighted by Crippen LogP contribution is -1.99. The van der Waals surface area contributed by atoms with Gasteiger partial charge in [-0.1, -0.05) is 19.1 Å². The molecule has 0 saturated carbocycles. The van der Waals surface area contributed by atoms with Gasteiger partial charge in [0.25, 0.3) is 0 Å². The average Bonchev–Trinajstić information content (AvgIpc) is 2.19. The molecule has 0 spiro atoms. The summed E-state index contributed by atoms with van der Waals surface area (Å²) in [6, 6.07) is 5.26. The number of aryl methyl sites for hydroxylation is 2. The molecule has 0 bridgehead atoms. The fraction of sp³-hybridized carbons (Fsp3) is 0.500. The smallest absolute Gasteiger partial charge is 0.126 e. The Morgan fingerprint density at radius 3 is 2.71 bits per heavy atom. The Morgan fingerprint density at radius 2 is 2.14 bits per heavy atom. The second kappa shape index (κ2) is 5.35. The van der Waals surface area contributed by atoms with Crippen LogP contribution in [0.15, 0.2) is 18.2 Å². The molecule has 78 valence electrons. The summed E-state index contributed by atoms with van der Waals surface area (Å²) in [7, 11) is 0. The van der Waals surface area contributed by atoms with Crippen LogP contribution in [0.1, 0.15) is 30.9 Å². The van der Waals surface area contributed by atoms with E-state index in [0.29, 0.717) is 5.56 Å². The second-order valence-corrected chi connectivity index (χ2v) is 4.24. The third-order valence-electron chi connectivity index (χ3n) is 2.41. The Kier molecular flexibility index (Phi) is 4.40. The lowest BCUT2D eigenvalue weighted by Gasteiger charge is -2.07. The van der Waals surface area contributed by atoms with Crippen molar-refractivity contribution in [1.29, 1.82) is 0 Å². The van der Waals surface area contributed by atoms with E-state index in [4.69, 9.17) is 11.6 Å². The number of hydrogen-bond acceptors (Lipinski definition) is 0. The number of alkyl halides is 1. The van der Waals surface area contributed by atoms with Gasteiger partial charge in [0.1, 0.15) is 5.82 Å². The van der Waals surface area contributed by atoms with Gasteiger partial charge in [-0.2, -0.15) is 0 Å². The van der Waals surface area contributed by atoms with Gasteiger partial charge in [0.2, 0.25) is 0 Å². The first-order chi connectivity index (χ1) is 6.63. The Hall–Kier alpha value is -0.560. The Balaban J connectivity index is 2.55. The first-order valence-corrected chi connectivity index (χ1v) is 5.46. The number of rotatable bonds is 4. The molecule has 0 aliphatic heterocycles. The first-order valence-electron chi connectivity index (χ1n) is 5.02. The van der Waals surface area contributed by atoms with Crippen molar-refractivity contribution in [1.82, 2.24) is 0 Å². The van der Waals surface area contributed by atoms with Crippen LogP contribution in [-0.4, -0.2) is 5.38 Å². The van der Waals surface area contributed by atoms with Crippen LogP contribution < -0.4 is 0 Å². The molecule has 0 N–H and O–H groups in total. The van der Waals surface area contributed by atoms with Crippen LogP contribution in [0.5, 0.6) is 0 Å². The van der Waals surface area contributed by atoms with Crippen molar-refractivity contribution in [3.8, 4) is 0 Å². The van der Waals surface area contributed by atoms with E-state index < -0.39 is 0 Å². The Bertz CT molecular complexity index is 296. The van der Waals surface area contributed by atoms with E-state index in [0.717, 1.165) is 19.3 Å². The van der Waals surface area contributed by atoms with Gasteiger partial charge in [0, 0.05) is 5.38 Å². The van der Waals surface area contributed by atoms with Crippen molar-refractivity contribution >= 4 is 11.6 Å². The zero-order valence-corrected chi connectivity index (χ0v) is 9.44. The van der Waals surface area contributed by atoms with Gasteiger partial charge >= 0.3 is 0 Å². The summed E-state index contributed by atoms with van der Waals surface area (Å²) in [5, 5.41) is 0.236. The summed E-state index contributed by atoms with van der Waals surface area (Å²) in [6.07, 6.45) is 2.88. The van der Waals surface area contributed by atoms with Crippen LogP contribution in [0.4, 0.5) is 4.39 Å². The maximum atomic E-state index is 12.9. The monoisotopic (exact) mass is 214 g/mol. The maximum absolute atomic E-state index is 12.9. The summed E-state index contributed by atoms with van der Waals surface area (Å²) < 4.78 is 12.9. The fourth-order valence-electron chi connectivity index (χ4n) is 1.39. The molecule has 1 unspecified atom stereocenters. The lowest BCUT2D eigenvalue weighted by atomic mass is 10.0. The minimum absolute atomic E-state index is 0.133. The molecule has 0 nitrogen and oxygen atoms in total. The molecule has 0 aromatic heterocycles. The zero-order chi connectivity index (χ0) is 10.6. The molecular formula is C12H16ClF. The van der Waals surface area contributed by atoms with Gasteiger partial charge < -0.3 is 0 Å². The van der Waals surface area contributed by atoms with Crippen molar-refractivity contribution < 1.29 is 4.39 Å². The van der Waals surface area contributed by atoms with Crippen molar-refractivity contribution in [2.45, 2.75) is 38.5 Å². The van der Waals surface area contributed by atoms with Gasteiger partial charge in [-0.25, -0.2) is 4.39 Å². The van der Waals surface area contributed by atoms with Gasteiger partial charge in [-0.15, -0.1) is 11.6 Å². The number of halogens is 2. The van der Waals surface area contributed by atoms with Gasteiger partial charge in [-0.05, 0) is 43.4 Å². The summed E-state index contributed by atoms with van der Waals surface area (Å²) in [5.74, 6) is -0.133. The molecule has 1 aromatic carbocycles. The van der Waals surface area contributed by atoms with E-state index in [2.05, 4.69) is 6.92 Å². The quantitative estimate of drug-likeness (QED) is 0.663. The third-order valence-corrected chi connectivity index (χ3v) is 2.94. The minimum atomic E-state index is -0.133. The molecule has 1 aromatic rings. The zero-order valence-electron chi connectivity index (χ0n) is 8.69. The van der Waals surface area contributed by atoms with E-state index >= 15 is 0 Å². The maximum Gasteiger partial charge on any atom is 0.126 e. The van der Waals surface area contributed by atoms with Crippen molar-refractivity contribution in [3.05, 3.63) is 35.1 Å². The Labute approximate surface area is 90.1 Å². The molecule has 0 amide bonds. The predicted octanol–water partition coefficient (Wildman–Crippen LogP) is 4.08. The highest BCUT2D eigenvalue weighted by atomic mass is 35.5. The largest absolute Gasteiger partial charge is 0.207 e. The van der Waals surface area contributed by atoms with E-state index in [1.54, 1.807) is 6.92 Å². The molecule has 2 heteroatoms. The molecular weight excluding hydrogens is 199 g/mol. The summed E-state index contributed by atoms with van der Waals surface area (Å²) in [4.78, 5) is 0. The highest BCUT2D eigenvalue weighted by Gasteiger charge is 2.03. The van der Waals surface area contributed by atoms with Gasteiger partial charge in [0.15, 0.2) is 0 Å². The van der Waals surface area contributed by atoms with Crippen LogP contribution in [0.25, 0.3) is 0 Å². The number of hydrogen-bond donors (Lipinski definition) is 0. The van der Waals surface area contributed by atoms with Crippen LogP contribution in [0.2, 0.25) is 0 Å². The molecule has 14 heavy (non-hydrogen) atoms. The summed E-state index contributed by atoms with van der Waals surface area (Å²) in [6.45, 7) is 3.87. The van der Waals surface area contributed by atoms with Gasteiger partial charge in [-0.3, -0.25) is 0 Å². The standard InChI is InChI=1S/C12H16ClF/c1-3-11(13)6-4-10-5-7-12(14)9(2)8-10/h5,7-8,11H,3-4,6H2,1-2H3. The summed E-state index contributed by atoms with van der Waals surface area (Å²) >= 11 is 6.01.